The van der Waals surface area contributed by atoms with Crippen molar-refractivity contribution in [3.63, 3.8) is 0 Å². The van der Waals surface area contributed by atoms with Gasteiger partial charge in [0.2, 0.25) is 0 Å². The van der Waals surface area contributed by atoms with E-state index in [1.807, 2.05) is 49.4 Å². The molecule has 0 aliphatic heterocycles. The summed E-state index contributed by atoms with van der Waals surface area (Å²) in [5.41, 5.74) is 1.55. The molecule has 2 rings (SSSR count). The first-order valence-corrected chi connectivity index (χ1v) is 9.79. The van der Waals surface area contributed by atoms with Crippen LogP contribution in [0.1, 0.15) is 49.5 Å². The van der Waals surface area contributed by atoms with E-state index >= 15 is 0 Å². The van der Waals surface area contributed by atoms with Crippen LogP contribution in [-0.2, 0) is 16.1 Å². The van der Waals surface area contributed by atoms with Gasteiger partial charge < -0.3 is 14.4 Å². The molecular formula is C23H29NO4. The number of hydrogen-bond donors (Lipinski definition) is 0. The van der Waals surface area contributed by atoms with Crippen molar-refractivity contribution in [3.8, 4) is 5.75 Å². The van der Waals surface area contributed by atoms with Gasteiger partial charge in [-0.1, -0.05) is 43.3 Å². The molecule has 1 atom stereocenters. The minimum atomic E-state index is -0.304. The van der Waals surface area contributed by atoms with Gasteiger partial charge in [-0.2, -0.15) is 0 Å². The highest BCUT2D eigenvalue weighted by Gasteiger charge is 2.18. The summed E-state index contributed by atoms with van der Waals surface area (Å²) in [6.07, 6.45) is 1.13. The largest absolute Gasteiger partial charge is 0.491 e. The minimum Gasteiger partial charge on any atom is -0.491 e. The van der Waals surface area contributed by atoms with Crippen molar-refractivity contribution in [2.75, 3.05) is 13.2 Å². The molecule has 0 saturated carbocycles. The molecule has 0 aliphatic rings. The van der Waals surface area contributed by atoms with Gasteiger partial charge in [-0.25, -0.2) is 0 Å². The first-order valence-electron chi connectivity index (χ1n) is 9.79. The van der Waals surface area contributed by atoms with Gasteiger partial charge in [-0.15, -0.1) is 0 Å². The predicted octanol–water partition coefficient (Wildman–Crippen LogP) is 4.46. The van der Waals surface area contributed by atoms with Gasteiger partial charge in [-0.05, 0) is 44.0 Å². The Kier molecular flexibility index (Phi) is 8.53. The van der Waals surface area contributed by atoms with E-state index in [9.17, 15) is 9.59 Å². The number of hydrogen-bond acceptors (Lipinski definition) is 4. The maximum Gasteiger partial charge on any atom is 0.307 e. The number of ether oxygens (including phenoxy) is 2. The highest BCUT2D eigenvalue weighted by Crippen LogP contribution is 2.18. The van der Waals surface area contributed by atoms with Gasteiger partial charge in [-0.3, -0.25) is 9.59 Å². The quantitative estimate of drug-likeness (QED) is 0.569. The van der Waals surface area contributed by atoms with Crippen LogP contribution < -0.4 is 4.74 Å². The van der Waals surface area contributed by atoms with E-state index in [4.69, 9.17) is 9.47 Å². The maximum absolute atomic E-state index is 13.1. The Morgan fingerprint density at radius 3 is 2.46 bits per heavy atom. The van der Waals surface area contributed by atoms with E-state index in [1.165, 1.54) is 0 Å². The second kappa shape index (κ2) is 11.1. The van der Waals surface area contributed by atoms with Crippen molar-refractivity contribution < 1.29 is 19.1 Å². The molecule has 2 aromatic carbocycles. The van der Waals surface area contributed by atoms with Crippen molar-refractivity contribution in [1.82, 2.24) is 4.90 Å². The highest BCUT2D eigenvalue weighted by atomic mass is 16.5. The van der Waals surface area contributed by atoms with Crippen molar-refractivity contribution >= 4 is 11.9 Å². The SMILES string of the molecule is CCOC(=O)CCN(Cc1ccccc1)C(=O)c1cccc(OC(C)CC)c1. The Bertz CT molecular complexity index is 760. The fourth-order valence-corrected chi connectivity index (χ4v) is 2.72. The molecule has 0 heterocycles. The van der Waals surface area contributed by atoms with Crippen LogP contribution in [-0.4, -0.2) is 36.0 Å². The number of amides is 1. The Balaban J connectivity index is 2.17. The zero-order valence-electron chi connectivity index (χ0n) is 16.9. The zero-order valence-corrected chi connectivity index (χ0v) is 16.9. The summed E-state index contributed by atoms with van der Waals surface area (Å²) in [5, 5.41) is 0. The van der Waals surface area contributed by atoms with Crippen LogP contribution in [0, 0.1) is 0 Å². The summed E-state index contributed by atoms with van der Waals surface area (Å²) in [5.74, 6) is 0.232. The maximum atomic E-state index is 13.1. The molecular weight excluding hydrogens is 354 g/mol. The fourth-order valence-electron chi connectivity index (χ4n) is 2.72. The van der Waals surface area contributed by atoms with E-state index < -0.39 is 0 Å². The molecule has 0 fully saturated rings. The van der Waals surface area contributed by atoms with E-state index in [0.29, 0.717) is 31.0 Å². The Labute approximate surface area is 167 Å². The molecule has 1 amide bonds. The minimum absolute atomic E-state index is 0.0783. The van der Waals surface area contributed by atoms with Gasteiger partial charge in [0.05, 0.1) is 19.1 Å². The third-order valence-corrected chi connectivity index (χ3v) is 4.39. The second-order valence-corrected chi connectivity index (χ2v) is 6.63. The number of benzene rings is 2. The van der Waals surface area contributed by atoms with Gasteiger partial charge >= 0.3 is 5.97 Å². The van der Waals surface area contributed by atoms with Gasteiger partial charge in [0.15, 0.2) is 0 Å². The third-order valence-electron chi connectivity index (χ3n) is 4.39. The van der Waals surface area contributed by atoms with Crippen LogP contribution in [0.25, 0.3) is 0 Å². The molecule has 0 aromatic heterocycles. The lowest BCUT2D eigenvalue weighted by molar-refractivity contribution is -0.143. The van der Waals surface area contributed by atoms with Crippen molar-refractivity contribution in [2.24, 2.45) is 0 Å². The smallest absolute Gasteiger partial charge is 0.307 e. The lowest BCUT2D eigenvalue weighted by Crippen LogP contribution is -2.33. The van der Waals surface area contributed by atoms with Crippen LogP contribution in [0.4, 0.5) is 0 Å². The molecule has 0 aliphatic carbocycles. The molecule has 28 heavy (non-hydrogen) atoms. The van der Waals surface area contributed by atoms with Gasteiger partial charge in [0.1, 0.15) is 5.75 Å². The Morgan fingerprint density at radius 2 is 1.79 bits per heavy atom. The van der Waals surface area contributed by atoms with E-state index in [-0.39, 0.29) is 24.4 Å². The van der Waals surface area contributed by atoms with Crippen LogP contribution >= 0.6 is 0 Å². The summed E-state index contributed by atoms with van der Waals surface area (Å²) in [4.78, 5) is 26.6. The summed E-state index contributed by atoms with van der Waals surface area (Å²) in [6.45, 7) is 6.87. The van der Waals surface area contributed by atoms with Crippen molar-refractivity contribution in [2.45, 2.75) is 46.3 Å². The summed E-state index contributed by atoms with van der Waals surface area (Å²) in [7, 11) is 0. The third kappa shape index (κ3) is 6.72. The lowest BCUT2D eigenvalue weighted by atomic mass is 10.1. The lowest BCUT2D eigenvalue weighted by Gasteiger charge is -2.23. The molecule has 0 radical (unpaired) electrons. The molecule has 0 saturated heterocycles. The predicted molar refractivity (Wildman–Crippen MR) is 109 cm³/mol. The molecule has 1 unspecified atom stereocenters. The van der Waals surface area contributed by atoms with Gasteiger partial charge in [0, 0.05) is 18.7 Å². The van der Waals surface area contributed by atoms with Crippen LogP contribution in [0.15, 0.2) is 54.6 Å². The molecule has 5 nitrogen and oxygen atoms in total. The Morgan fingerprint density at radius 1 is 1.04 bits per heavy atom. The molecule has 0 N–H and O–H groups in total. The summed E-state index contributed by atoms with van der Waals surface area (Å²) in [6, 6.07) is 16.9. The normalized spacial score (nSPS) is 11.5. The molecule has 0 spiro atoms. The summed E-state index contributed by atoms with van der Waals surface area (Å²) < 4.78 is 10.8. The first-order chi connectivity index (χ1) is 13.5. The van der Waals surface area contributed by atoms with Crippen molar-refractivity contribution in [1.29, 1.82) is 0 Å². The second-order valence-electron chi connectivity index (χ2n) is 6.63. The molecule has 2 aromatic rings. The average Bonchev–Trinajstić information content (AvgIpc) is 2.71. The van der Waals surface area contributed by atoms with E-state index in [0.717, 1.165) is 12.0 Å². The number of carbonyl (C=O) groups excluding carboxylic acids is 2. The van der Waals surface area contributed by atoms with E-state index in [2.05, 4.69) is 6.92 Å². The van der Waals surface area contributed by atoms with Crippen LogP contribution in [0.2, 0.25) is 0 Å². The van der Waals surface area contributed by atoms with Crippen molar-refractivity contribution in [3.05, 3.63) is 65.7 Å². The number of esters is 1. The molecule has 5 heteroatoms. The zero-order chi connectivity index (χ0) is 20.4. The summed E-state index contributed by atoms with van der Waals surface area (Å²) >= 11 is 0. The standard InChI is InChI=1S/C23H29NO4/c1-4-18(3)28-21-13-9-12-20(16-21)23(26)24(15-14-22(25)27-5-2)17-19-10-7-6-8-11-19/h6-13,16,18H,4-5,14-15,17H2,1-3H3. The number of rotatable bonds is 10. The number of nitrogens with zero attached hydrogens (tertiary/aromatic N) is 1. The topological polar surface area (TPSA) is 55.8 Å². The average molecular weight is 383 g/mol. The van der Waals surface area contributed by atoms with E-state index in [1.54, 1.807) is 24.0 Å². The monoisotopic (exact) mass is 383 g/mol. The van der Waals surface area contributed by atoms with Crippen LogP contribution in [0.3, 0.4) is 0 Å². The van der Waals surface area contributed by atoms with Crippen LogP contribution in [0.5, 0.6) is 5.75 Å². The molecule has 150 valence electrons. The first kappa shape index (κ1) is 21.5. The number of carbonyl (C=O) groups is 2. The fraction of sp³-hybridized carbons (Fsp3) is 0.391. The highest BCUT2D eigenvalue weighted by molar-refractivity contribution is 5.94. The Hall–Kier alpha value is -2.82. The molecule has 0 bridgehead atoms. The van der Waals surface area contributed by atoms with Gasteiger partial charge in [0.25, 0.3) is 5.91 Å².